The van der Waals surface area contributed by atoms with Gasteiger partial charge in [-0.05, 0) is 55.0 Å². The molecule has 0 aliphatic heterocycles. The molecule has 1 aromatic heterocycles. The summed E-state index contributed by atoms with van der Waals surface area (Å²) < 4.78 is 11.7. The lowest BCUT2D eigenvalue weighted by atomic mass is 10.1. The van der Waals surface area contributed by atoms with E-state index in [-0.39, 0.29) is 6.61 Å². The van der Waals surface area contributed by atoms with Gasteiger partial charge in [0, 0.05) is 32.0 Å². The first-order valence-electron chi connectivity index (χ1n) is 9.34. The highest BCUT2D eigenvalue weighted by atomic mass is 16.5. The zero-order chi connectivity index (χ0) is 18.2. The largest absolute Gasteiger partial charge is 0.493 e. The maximum absolute atomic E-state index is 9.39. The van der Waals surface area contributed by atoms with Crippen molar-refractivity contribution in [2.45, 2.75) is 44.9 Å². The molecular weight excluding hydrogens is 328 g/mol. The Bertz CT molecular complexity index is 672. The Hall–Kier alpha value is -2.11. The van der Waals surface area contributed by atoms with Crippen molar-refractivity contribution in [1.29, 1.82) is 0 Å². The molecule has 1 saturated carbocycles. The molecule has 5 nitrogen and oxygen atoms in total. The number of methoxy groups -OCH3 is 1. The van der Waals surface area contributed by atoms with E-state index in [0.29, 0.717) is 12.6 Å². The molecular formula is C21H28N2O3. The molecule has 1 aliphatic carbocycles. The van der Waals surface area contributed by atoms with Crippen LogP contribution in [-0.4, -0.2) is 41.4 Å². The maximum Gasteiger partial charge on any atom is 0.161 e. The van der Waals surface area contributed by atoms with Crippen LogP contribution in [0.4, 0.5) is 0 Å². The summed E-state index contributed by atoms with van der Waals surface area (Å²) in [6.45, 7) is 2.21. The molecule has 0 radical (unpaired) electrons. The number of aliphatic hydroxyl groups is 1. The standard InChI is InChI=1S/C21H28N2O3/c1-25-21-13-17(8-9-20(21)26-19-6-2-3-7-19)15-23(11-12-24)16-18-5-4-10-22-14-18/h4-5,8-10,13-14,19,24H,2-3,6-7,11-12,15-16H2,1H3. The highest BCUT2D eigenvalue weighted by molar-refractivity contribution is 5.43. The Morgan fingerprint density at radius 2 is 1.92 bits per heavy atom. The predicted octanol–water partition coefficient (Wildman–Crippen LogP) is 3.41. The summed E-state index contributed by atoms with van der Waals surface area (Å²) in [4.78, 5) is 6.36. The lowest BCUT2D eigenvalue weighted by molar-refractivity contribution is 0.183. The highest BCUT2D eigenvalue weighted by Crippen LogP contribution is 2.32. The fourth-order valence-corrected chi connectivity index (χ4v) is 3.46. The zero-order valence-electron chi connectivity index (χ0n) is 15.4. The summed E-state index contributed by atoms with van der Waals surface area (Å²) in [6, 6.07) is 10.1. The molecule has 0 saturated heterocycles. The molecule has 0 bridgehead atoms. The molecule has 0 atom stereocenters. The van der Waals surface area contributed by atoms with Gasteiger partial charge in [0.2, 0.25) is 0 Å². The third kappa shape index (κ3) is 5.19. The number of rotatable bonds is 9. The van der Waals surface area contributed by atoms with Gasteiger partial charge in [-0.15, -0.1) is 0 Å². The van der Waals surface area contributed by atoms with E-state index < -0.39 is 0 Å². The molecule has 1 fully saturated rings. The van der Waals surface area contributed by atoms with Gasteiger partial charge in [-0.2, -0.15) is 0 Å². The van der Waals surface area contributed by atoms with Crippen LogP contribution in [0, 0.1) is 0 Å². The van der Waals surface area contributed by atoms with Gasteiger partial charge >= 0.3 is 0 Å². The second kappa shape index (κ2) is 9.55. The Balaban J connectivity index is 1.68. The normalized spacial score (nSPS) is 14.7. The van der Waals surface area contributed by atoms with E-state index in [1.807, 2.05) is 24.4 Å². The molecule has 0 amide bonds. The minimum atomic E-state index is 0.125. The molecule has 5 heteroatoms. The van der Waals surface area contributed by atoms with Gasteiger partial charge in [0.25, 0.3) is 0 Å². The van der Waals surface area contributed by atoms with Crippen molar-refractivity contribution in [1.82, 2.24) is 9.88 Å². The van der Waals surface area contributed by atoms with Crippen LogP contribution >= 0.6 is 0 Å². The smallest absolute Gasteiger partial charge is 0.161 e. The van der Waals surface area contributed by atoms with E-state index in [4.69, 9.17) is 9.47 Å². The Morgan fingerprint density at radius 3 is 2.62 bits per heavy atom. The van der Waals surface area contributed by atoms with Gasteiger partial charge in [0.1, 0.15) is 0 Å². The quantitative estimate of drug-likeness (QED) is 0.746. The monoisotopic (exact) mass is 356 g/mol. The summed E-state index contributed by atoms with van der Waals surface area (Å²) in [5, 5.41) is 9.39. The van der Waals surface area contributed by atoms with Gasteiger partial charge in [-0.3, -0.25) is 9.88 Å². The van der Waals surface area contributed by atoms with Crippen molar-refractivity contribution in [2.24, 2.45) is 0 Å². The Kier molecular flexibility index (Phi) is 6.86. The van der Waals surface area contributed by atoms with Gasteiger partial charge < -0.3 is 14.6 Å². The van der Waals surface area contributed by atoms with E-state index in [1.54, 1.807) is 13.3 Å². The van der Waals surface area contributed by atoms with Crippen molar-refractivity contribution < 1.29 is 14.6 Å². The first kappa shape index (κ1) is 18.7. The predicted molar refractivity (Wildman–Crippen MR) is 101 cm³/mol. The lowest BCUT2D eigenvalue weighted by Gasteiger charge is -2.22. The minimum absolute atomic E-state index is 0.125. The van der Waals surface area contributed by atoms with Crippen molar-refractivity contribution >= 4 is 0 Å². The molecule has 1 aromatic carbocycles. The maximum atomic E-state index is 9.39. The van der Waals surface area contributed by atoms with Crippen molar-refractivity contribution in [2.75, 3.05) is 20.3 Å². The summed E-state index contributed by atoms with van der Waals surface area (Å²) in [5.41, 5.74) is 2.27. The topological polar surface area (TPSA) is 54.8 Å². The summed E-state index contributed by atoms with van der Waals surface area (Å²) >= 11 is 0. The fraction of sp³-hybridized carbons (Fsp3) is 0.476. The third-order valence-corrected chi connectivity index (χ3v) is 4.78. The average molecular weight is 356 g/mol. The number of aromatic nitrogens is 1. The minimum Gasteiger partial charge on any atom is -0.493 e. The molecule has 2 aromatic rings. The number of benzene rings is 1. The number of ether oxygens (including phenoxy) is 2. The number of aliphatic hydroxyl groups excluding tert-OH is 1. The van der Waals surface area contributed by atoms with E-state index in [0.717, 1.165) is 48.6 Å². The van der Waals surface area contributed by atoms with Gasteiger partial charge in [0.05, 0.1) is 19.8 Å². The van der Waals surface area contributed by atoms with E-state index in [1.165, 1.54) is 12.8 Å². The molecule has 0 spiro atoms. The van der Waals surface area contributed by atoms with Crippen molar-refractivity contribution in [3.8, 4) is 11.5 Å². The molecule has 1 aliphatic rings. The number of nitrogens with zero attached hydrogens (tertiary/aromatic N) is 2. The van der Waals surface area contributed by atoms with E-state index >= 15 is 0 Å². The second-order valence-corrected chi connectivity index (χ2v) is 6.81. The summed E-state index contributed by atoms with van der Waals surface area (Å²) in [7, 11) is 1.68. The Labute approximate surface area is 155 Å². The first-order chi connectivity index (χ1) is 12.8. The number of hydrogen-bond donors (Lipinski definition) is 1. The van der Waals surface area contributed by atoms with Crippen LogP contribution in [0.2, 0.25) is 0 Å². The van der Waals surface area contributed by atoms with Crippen LogP contribution in [0.25, 0.3) is 0 Å². The van der Waals surface area contributed by atoms with Crippen molar-refractivity contribution in [3.05, 3.63) is 53.9 Å². The lowest BCUT2D eigenvalue weighted by Crippen LogP contribution is -2.26. The average Bonchev–Trinajstić information content (AvgIpc) is 3.17. The summed E-state index contributed by atoms with van der Waals surface area (Å²) in [5.74, 6) is 1.60. The highest BCUT2D eigenvalue weighted by Gasteiger charge is 2.18. The second-order valence-electron chi connectivity index (χ2n) is 6.81. The number of pyridine rings is 1. The SMILES string of the molecule is COc1cc(CN(CCO)Cc2cccnc2)ccc1OC1CCCC1. The zero-order valence-corrected chi connectivity index (χ0v) is 15.4. The Morgan fingerprint density at radius 1 is 1.12 bits per heavy atom. The van der Waals surface area contributed by atoms with Gasteiger partial charge in [0.15, 0.2) is 11.5 Å². The molecule has 140 valence electrons. The van der Waals surface area contributed by atoms with Crippen LogP contribution in [-0.2, 0) is 13.1 Å². The number of hydrogen-bond acceptors (Lipinski definition) is 5. The van der Waals surface area contributed by atoms with Crippen LogP contribution in [0.3, 0.4) is 0 Å². The van der Waals surface area contributed by atoms with Crippen LogP contribution in [0.5, 0.6) is 11.5 Å². The van der Waals surface area contributed by atoms with E-state index in [2.05, 4.69) is 22.0 Å². The third-order valence-electron chi connectivity index (χ3n) is 4.78. The molecule has 3 rings (SSSR count). The van der Waals surface area contributed by atoms with Gasteiger partial charge in [-0.1, -0.05) is 12.1 Å². The van der Waals surface area contributed by atoms with Gasteiger partial charge in [-0.25, -0.2) is 0 Å². The fourth-order valence-electron chi connectivity index (χ4n) is 3.46. The van der Waals surface area contributed by atoms with Crippen LogP contribution in [0.1, 0.15) is 36.8 Å². The molecule has 1 N–H and O–H groups in total. The van der Waals surface area contributed by atoms with Crippen molar-refractivity contribution in [3.63, 3.8) is 0 Å². The summed E-state index contributed by atoms with van der Waals surface area (Å²) in [6.07, 6.45) is 8.69. The van der Waals surface area contributed by atoms with Crippen LogP contribution < -0.4 is 9.47 Å². The van der Waals surface area contributed by atoms with Crippen LogP contribution in [0.15, 0.2) is 42.7 Å². The molecule has 0 unspecified atom stereocenters. The molecule has 1 heterocycles. The van der Waals surface area contributed by atoms with E-state index in [9.17, 15) is 5.11 Å². The molecule has 26 heavy (non-hydrogen) atoms. The first-order valence-corrected chi connectivity index (χ1v) is 9.34.